The minimum Gasteiger partial charge on any atom is -0.272 e. The number of hydrogen-bond acceptors (Lipinski definition) is 5. The number of amides is 1. The molecule has 1 aromatic heterocycles. The van der Waals surface area contributed by atoms with Gasteiger partial charge in [0, 0.05) is 17.0 Å². The van der Waals surface area contributed by atoms with Crippen molar-refractivity contribution in [2.75, 3.05) is 0 Å². The molecule has 6 nitrogen and oxygen atoms in total. The molecular formula is C18H15F2N3O3S2. The Morgan fingerprint density at radius 2 is 1.86 bits per heavy atom. The molecule has 3 rings (SSSR count). The van der Waals surface area contributed by atoms with Crippen LogP contribution in [0.3, 0.4) is 0 Å². The molecule has 3 aromatic rings. The monoisotopic (exact) mass is 423 g/mol. The molecule has 2 aromatic carbocycles. The maximum absolute atomic E-state index is 13.7. The molecule has 0 saturated heterocycles. The molecule has 0 bridgehead atoms. The number of rotatable bonds is 6. The average Bonchev–Trinajstić information content (AvgIpc) is 3.16. The Morgan fingerprint density at radius 3 is 2.50 bits per heavy atom. The van der Waals surface area contributed by atoms with Crippen LogP contribution in [0.4, 0.5) is 8.78 Å². The van der Waals surface area contributed by atoms with Gasteiger partial charge in [-0.05, 0) is 24.1 Å². The van der Waals surface area contributed by atoms with Gasteiger partial charge in [-0.25, -0.2) is 22.2 Å². The van der Waals surface area contributed by atoms with Crippen molar-refractivity contribution in [3.05, 3.63) is 70.7 Å². The molecule has 146 valence electrons. The first-order valence-electron chi connectivity index (χ1n) is 8.12. The second-order valence-corrected chi connectivity index (χ2v) is 8.23. The molecular weight excluding hydrogens is 408 g/mol. The first-order chi connectivity index (χ1) is 13.3. The van der Waals surface area contributed by atoms with Crippen molar-refractivity contribution in [2.45, 2.75) is 18.2 Å². The highest BCUT2D eigenvalue weighted by Gasteiger charge is 2.21. The van der Waals surface area contributed by atoms with Crippen molar-refractivity contribution in [1.29, 1.82) is 0 Å². The lowest BCUT2D eigenvalue weighted by atomic mass is 10.1. The van der Waals surface area contributed by atoms with E-state index in [9.17, 15) is 22.0 Å². The number of hydrazine groups is 1. The Bertz CT molecular complexity index is 1110. The van der Waals surface area contributed by atoms with Gasteiger partial charge in [0.05, 0.1) is 0 Å². The van der Waals surface area contributed by atoms with E-state index in [1.54, 1.807) is 4.83 Å². The number of hydrogen-bond donors (Lipinski definition) is 2. The molecule has 28 heavy (non-hydrogen) atoms. The van der Waals surface area contributed by atoms with Crippen LogP contribution in [0.5, 0.6) is 0 Å². The highest BCUT2D eigenvalue weighted by atomic mass is 32.2. The fourth-order valence-electron chi connectivity index (χ4n) is 2.32. The highest BCUT2D eigenvalue weighted by Crippen LogP contribution is 2.24. The van der Waals surface area contributed by atoms with E-state index in [1.807, 2.05) is 36.6 Å². The number of nitrogens with zero attached hydrogens (tertiary/aromatic N) is 1. The van der Waals surface area contributed by atoms with Crippen LogP contribution in [0.15, 0.2) is 52.7 Å². The summed E-state index contributed by atoms with van der Waals surface area (Å²) < 4.78 is 50.7. The summed E-state index contributed by atoms with van der Waals surface area (Å²) in [4.78, 5) is 17.3. The predicted octanol–water partition coefficient (Wildman–Crippen LogP) is 3.27. The Kier molecular flexibility index (Phi) is 5.82. The van der Waals surface area contributed by atoms with Gasteiger partial charge < -0.3 is 0 Å². The van der Waals surface area contributed by atoms with Gasteiger partial charge in [0.25, 0.3) is 15.9 Å². The van der Waals surface area contributed by atoms with Gasteiger partial charge in [-0.2, -0.15) is 0 Å². The van der Waals surface area contributed by atoms with Gasteiger partial charge in [-0.3, -0.25) is 10.2 Å². The van der Waals surface area contributed by atoms with E-state index < -0.39 is 32.5 Å². The van der Waals surface area contributed by atoms with Crippen LogP contribution in [0.2, 0.25) is 0 Å². The number of thiazole rings is 1. The van der Waals surface area contributed by atoms with E-state index in [2.05, 4.69) is 4.98 Å². The Hall–Kier alpha value is -2.69. The smallest absolute Gasteiger partial charge is 0.272 e. The number of aromatic nitrogens is 1. The zero-order valence-corrected chi connectivity index (χ0v) is 16.2. The standard InChI is InChI=1S/C18H15F2N3O3S2/c1-2-11-3-5-12(6-4-11)18-21-15(10-27-18)17(24)22-23-28(25,26)16-8-7-13(19)9-14(16)20/h3-10,23H,2H2,1H3,(H,22,24). The van der Waals surface area contributed by atoms with E-state index in [0.29, 0.717) is 11.1 Å². The van der Waals surface area contributed by atoms with E-state index in [4.69, 9.17) is 0 Å². The van der Waals surface area contributed by atoms with Gasteiger partial charge >= 0.3 is 0 Å². The minimum absolute atomic E-state index is 0.00171. The lowest BCUT2D eigenvalue weighted by molar-refractivity contribution is 0.0941. The zero-order valence-electron chi connectivity index (χ0n) is 14.6. The summed E-state index contributed by atoms with van der Waals surface area (Å²) in [6, 6.07) is 9.70. The van der Waals surface area contributed by atoms with Crippen LogP contribution in [0.1, 0.15) is 23.0 Å². The molecule has 2 N–H and O–H groups in total. The normalized spacial score (nSPS) is 11.4. The molecule has 0 aliphatic rings. The third-order valence-electron chi connectivity index (χ3n) is 3.83. The van der Waals surface area contributed by atoms with Crippen LogP contribution < -0.4 is 10.3 Å². The third kappa shape index (κ3) is 4.41. The number of halogens is 2. The fraction of sp³-hybridized carbons (Fsp3) is 0.111. The first-order valence-corrected chi connectivity index (χ1v) is 10.5. The predicted molar refractivity (Wildman–Crippen MR) is 101 cm³/mol. The summed E-state index contributed by atoms with van der Waals surface area (Å²) >= 11 is 1.23. The second-order valence-electron chi connectivity index (χ2n) is 5.72. The molecule has 0 aliphatic carbocycles. The third-order valence-corrected chi connectivity index (χ3v) is 6.00. The van der Waals surface area contributed by atoms with Crippen molar-refractivity contribution >= 4 is 27.3 Å². The van der Waals surface area contributed by atoms with Crippen LogP contribution in [-0.4, -0.2) is 19.3 Å². The van der Waals surface area contributed by atoms with Crippen LogP contribution in [-0.2, 0) is 16.4 Å². The molecule has 0 fully saturated rings. The minimum atomic E-state index is -4.41. The number of aryl methyl sites for hydroxylation is 1. The van der Waals surface area contributed by atoms with E-state index in [-0.39, 0.29) is 5.69 Å². The number of benzene rings is 2. The van der Waals surface area contributed by atoms with Crippen LogP contribution >= 0.6 is 11.3 Å². The Morgan fingerprint density at radius 1 is 1.14 bits per heavy atom. The summed E-state index contributed by atoms with van der Waals surface area (Å²) in [6.07, 6.45) is 0.903. The zero-order chi connectivity index (χ0) is 20.3. The number of nitrogens with one attached hydrogen (secondary N) is 2. The van der Waals surface area contributed by atoms with Gasteiger partial charge in [-0.15, -0.1) is 16.2 Å². The van der Waals surface area contributed by atoms with E-state index in [1.165, 1.54) is 22.3 Å². The average molecular weight is 423 g/mol. The van der Waals surface area contributed by atoms with Crippen molar-refractivity contribution in [2.24, 2.45) is 0 Å². The molecule has 0 unspecified atom stereocenters. The maximum atomic E-state index is 13.7. The molecule has 0 spiro atoms. The van der Waals surface area contributed by atoms with Gasteiger partial charge in [0.15, 0.2) is 0 Å². The van der Waals surface area contributed by atoms with Crippen molar-refractivity contribution in [3.63, 3.8) is 0 Å². The quantitative estimate of drug-likeness (QED) is 0.596. The molecule has 10 heteroatoms. The van der Waals surface area contributed by atoms with Gasteiger partial charge in [0.1, 0.15) is 27.2 Å². The maximum Gasteiger partial charge on any atom is 0.285 e. The summed E-state index contributed by atoms with van der Waals surface area (Å²) in [5.41, 5.74) is 3.97. The topological polar surface area (TPSA) is 88.2 Å². The summed E-state index contributed by atoms with van der Waals surface area (Å²) in [5, 5.41) is 2.07. The van der Waals surface area contributed by atoms with Crippen molar-refractivity contribution < 1.29 is 22.0 Å². The van der Waals surface area contributed by atoms with Crippen LogP contribution in [0, 0.1) is 11.6 Å². The highest BCUT2D eigenvalue weighted by molar-refractivity contribution is 7.89. The van der Waals surface area contributed by atoms with E-state index in [0.717, 1.165) is 24.1 Å². The summed E-state index contributed by atoms with van der Waals surface area (Å²) in [6.45, 7) is 2.04. The SMILES string of the molecule is CCc1ccc(-c2nc(C(=O)NNS(=O)(=O)c3ccc(F)cc3F)cs2)cc1. The molecule has 0 aliphatic heterocycles. The lowest BCUT2D eigenvalue weighted by Crippen LogP contribution is -2.42. The fourth-order valence-corrected chi connectivity index (χ4v) is 4.03. The number of sulfonamides is 1. The van der Waals surface area contributed by atoms with Crippen molar-refractivity contribution in [1.82, 2.24) is 15.2 Å². The molecule has 0 radical (unpaired) electrons. The van der Waals surface area contributed by atoms with Gasteiger partial charge in [0.2, 0.25) is 0 Å². The summed E-state index contributed by atoms with van der Waals surface area (Å²) in [5.74, 6) is -2.99. The van der Waals surface area contributed by atoms with E-state index >= 15 is 0 Å². The second kappa shape index (κ2) is 8.13. The van der Waals surface area contributed by atoms with Gasteiger partial charge in [-0.1, -0.05) is 31.2 Å². The Balaban J connectivity index is 1.70. The number of carbonyl (C=O) groups excluding carboxylic acids is 1. The summed E-state index contributed by atoms with van der Waals surface area (Å²) in [7, 11) is -4.41. The molecule has 1 amide bonds. The molecule has 0 atom stereocenters. The largest absolute Gasteiger partial charge is 0.285 e. The van der Waals surface area contributed by atoms with Crippen molar-refractivity contribution in [3.8, 4) is 10.6 Å². The molecule has 0 saturated carbocycles. The van der Waals surface area contributed by atoms with Crippen LogP contribution in [0.25, 0.3) is 10.6 Å². The number of carbonyl (C=O) groups is 1. The lowest BCUT2D eigenvalue weighted by Gasteiger charge is -2.08. The first kappa shape index (κ1) is 20.1. The molecule has 1 heterocycles. The Labute approximate surface area is 164 Å².